The molecule has 100 valence electrons. The van der Waals surface area contributed by atoms with Gasteiger partial charge in [-0.05, 0) is 26.7 Å². The van der Waals surface area contributed by atoms with Gasteiger partial charge in [0.1, 0.15) is 0 Å². The fourth-order valence-corrected chi connectivity index (χ4v) is 4.81. The third kappa shape index (κ3) is 4.80. The van der Waals surface area contributed by atoms with Crippen LogP contribution in [-0.4, -0.2) is 47.6 Å². The molecular weight excluding hydrogens is 228 g/mol. The van der Waals surface area contributed by atoms with Gasteiger partial charge in [-0.1, -0.05) is 19.3 Å². The monoisotopic (exact) mass is 256 g/mol. The van der Waals surface area contributed by atoms with Gasteiger partial charge in [0, 0.05) is 42.7 Å². The van der Waals surface area contributed by atoms with E-state index in [1.54, 1.807) is 0 Å². The molecule has 3 heteroatoms. The predicted molar refractivity (Wildman–Crippen MR) is 77.9 cm³/mol. The van der Waals surface area contributed by atoms with Crippen molar-refractivity contribution in [1.82, 2.24) is 10.2 Å². The summed E-state index contributed by atoms with van der Waals surface area (Å²) in [7, 11) is 0. The standard InChI is InChI=1S/C14H28N2S/c1-14(2,12-16-10-8-15-9-11-16)17-13-6-4-3-5-7-13/h13,15H,3-12H2,1-2H3. The molecule has 2 aliphatic rings. The molecular formula is C14H28N2S. The number of thioether (sulfide) groups is 1. The normalized spacial score (nSPS) is 25.1. The zero-order chi connectivity index (χ0) is 12.1. The van der Waals surface area contributed by atoms with E-state index in [4.69, 9.17) is 0 Å². The highest BCUT2D eigenvalue weighted by molar-refractivity contribution is 8.01. The molecule has 2 fully saturated rings. The first-order valence-corrected chi connectivity index (χ1v) is 8.15. The van der Waals surface area contributed by atoms with Crippen LogP contribution in [0.2, 0.25) is 0 Å². The summed E-state index contributed by atoms with van der Waals surface area (Å²) in [5.41, 5.74) is 0. The van der Waals surface area contributed by atoms with Gasteiger partial charge in [0.05, 0.1) is 0 Å². The SMILES string of the molecule is CC(C)(CN1CCNCC1)SC1CCCCC1. The molecule has 2 rings (SSSR count). The highest BCUT2D eigenvalue weighted by Crippen LogP contribution is 2.37. The Kier molecular flexibility index (Phi) is 5.19. The molecule has 1 saturated carbocycles. The van der Waals surface area contributed by atoms with Gasteiger partial charge in [0.2, 0.25) is 0 Å². The Labute approximate surface area is 111 Å². The summed E-state index contributed by atoms with van der Waals surface area (Å²) >= 11 is 2.25. The van der Waals surface area contributed by atoms with Crippen molar-refractivity contribution < 1.29 is 0 Å². The smallest absolute Gasteiger partial charge is 0.0233 e. The van der Waals surface area contributed by atoms with Gasteiger partial charge in [-0.25, -0.2) is 0 Å². The highest BCUT2D eigenvalue weighted by Gasteiger charge is 2.27. The zero-order valence-corrected chi connectivity index (χ0v) is 12.3. The topological polar surface area (TPSA) is 15.3 Å². The third-order valence-corrected chi connectivity index (χ3v) is 5.42. The van der Waals surface area contributed by atoms with E-state index in [1.807, 2.05) is 0 Å². The van der Waals surface area contributed by atoms with E-state index in [2.05, 4.69) is 35.8 Å². The fraction of sp³-hybridized carbons (Fsp3) is 1.00. The van der Waals surface area contributed by atoms with Crippen molar-refractivity contribution in [1.29, 1.82) is 0 Å². The van der Waals surface area contributed by atoms with Crippen LogP contribution in [0.3, 0.4) is 0 Å². The highest BCUT2D eigenvalue weighted by atomic mass is 32.2. The van der Waals surface area contributed by atoms with E-state index >= 15 is 0 Å². The Balaban J connectivity index is 1.75. The van der Waals surface area contributed by atoms with Gasteiger partial charge in [0.25, 0.3) is 0 Å². The van der Waals surface area contributed by atoms with Crippen LogP contribution in [0.1, 0.15) is 46.0 Å². The Hall–Kier alpha value is 0.270. The van der Waals surface area contributed by atoms with Crippen molar-refractivity contribution in [2.75, 3.05) is 32.7 Å². The quantitative estimate of drug-likeness (QED) is 0.832. The van der Waals surface area contributed by atoms with Crippen LogP contribution < -0.4 is 5.32 Å². The van der Waals surface area contributed by atoms with Crippen LogP contribution in [0.4, 0.5) is 0 Å². The molecule has 0 amide bonds. The van der Waals surface area contributed by atoms with Crippen molar-refractivity contribution >= 4 is 11.8 Å². The maximum absolute atomic E-state index is 3.43. The molecule has 1 N–H and O–H groups in total. The molecule has 1 heterocycles. The van der Waals surface area contributed by atoms with Gasteiger partial charge in [-0.15, -0.1) is 0 Å². The summed E-state index contributed by atoms with van der Waals surface area (Å²) in [6.45, 7) is 10.9. The number of piperazine rings is 1. The van der Waals surface area contributed by atoms with Crippen LogP contribution >= 0.6 is 11.8 Å². The van der Waals surface area contributed by atoms with Crippen molar-refractivity contribution in [3.63, 3.8) is 0 Å². The minimum absolute atomic E-state index is 0.430. The Morgan fingerprint density at radius 3 is 2.41 bits per heavy atom. The zero-order valence-electron chi connectivity index (χ0n) is 11.5. The number of rotatable bonds is 4. The summed E-state index contributed by atoms with van der Waals surface area (Å²) in [6.07, 6.45) is 7.29. The lowest BCUT2D eigenvalue weighted by atomic mass is 10.0. The lowest BCUT2D eigenvalue weighted by Crippen LogP contribution is -2.48. The summed E-state index contributed by atoms with van der Waals surface area (Å²) in [6, 6.07) is 0. The lowest BCUT2D eigenvalue weighted by molar-refractivity contribution is 0.226. The van der Waals surface area contributed by atoms with E-state index in [0.29, 0.717) is 4.75 Å². The van der Waals surface area contributed by atoms with E-state index in [9.17, 15) is 0 Å². The van der Waals surface area contributed by atoms with Gasteiger partial charge < -0.3 is 5.32 Å². The molecule has 0 aromatic carbocycles. The molecule has 0 unspecified atom stereocenters. The first-order valence-electron chi connectivity index (χ1n) is 7.27. The van der Waals surface area contributed by atoms with Gasteiger partial charge in [-0.3, -0.25) is 4.90 Å². The molecule has 17 heavy (non-hydrogen) atoms. The number of nitrogens with one attached hydrogen (secondary N) is 1. The first kappa shape index (κ1) is 13.7. The number of nitrogens with zero attached hydrogens (tertiary/aromatic N) is 1. The van der Waals surface area contributed by atoms with Crippen LogP contribution in [0, 0.1) is 0 Å². The molecule has 0 radical (unpaired) electrons. The first-order chi connectivity index (χ1) is 8.16. The van der Waals surface area contributed by atoms with E-state index in [0.717, 1.165) is 5.25 Å². The lowest BCUT2D eigenvalue weighted by Gasteiger charge is -2.37. The molecule has 2 nitrogen and oxygen atoms in total. The molecule has 0 aromatic heterocycles. The minimum Gasteiger partial charge on any atom is -0.314 e. The molecule has 1 aliphatic heterocycles. The van der Waals surface area contributed by atoms with Crippen molar-refractivity contribution in [3.05, 3.63) is 0 Å². The van der Waals surface area contributed by atoms with Crippen molar-refractivity contribution in [2.45, 2.75) is 55.9 Å². The Bertz CT molecular complexity index is 196. The minimum atomic E-state index is 0.430. The van der Waals surface area contributed by atoms with E-state index < -0.39 is 0 Å². The summed E-state index contributed by atoms with van der Waals surface area (Å²) in [5, 5.41) is 4.37. The molecule has 1 saturated heterocycles. The van der Waals surface area contributed by atoms with Crippen LogP contribution in [-0.2, 0) is 0 Å². The number of hydrogen-bond acceptors (Lipinski definition) is 3. The van der Waals surface area contributed by atoms with Crippen LogP contribution in [0.5, 0.6) is 0 Å². The summed E-state index contributed by atoms with van der Waals surface area (Å²) < 4.78 is 0.430. The maximum Gasteiger partial charge on any atom is 0.0233 e. The van der Waals surface area contributed by atoms with E-state index in [1.165, 1.54) is 64.8 Å². The van der Waals surface area contributed by atoms with Gasteiger partial charge >= 0.3 is 0 Å². The second-order valence-electron chi connectivity index (χ2n) is 6.16. The van der Waals surface area contributed by atoms with Crippen LogP contribution in [0.15, 0.2) is 0 Å². The summed E-state index contributed by atoms with van der Waals surface area (Å²) in [5.74, 6) is 0. The van der Waals surface area contributed by atoms with Crippen molar-refractivity contribution in [2.24, 2.45) is 0 Å². The van der Waals surface area contributed by atoms with Gasteiger partial charge in [-0.2, -0.15) is 11.8 Å². The second-order valence-corrected chi connectivity index (χ2v) is 8.17. The van der Waals surface area contributed by atoms with Crippen molar-refractivity contribution in [3.8, 4) is 0 Å². The number of hydrogen-bond donors (Lipinski definition) is 1. The molecule has 0 atom stereocenters. The van der Waals surface area contributed by atoms with E-state index in [-0.39, 0.29) is 0 Å². The molecule has 0 spiro atoms. The fourth-order valence-electron chi connectivity index (χ4n) is 3.08. The van der Waals surface area contributed by atoms with Crippen LogP contribution in [0.25, 0.3) is 0 Å². The Morgan fingerprint density at radius 1 is 1.12 bits per heavy atom. The third-order valence-electron chi connectivity index (χ3n) is 3.85. The molecule has 1 aliphatic carbocycles. The van der Waals surface area contributed by atoms with Gasteiger partial charge in [0.15, 0.2) is 0 Å². The predicted octanol–water partition coefficient (Wildman–Crippen LogP) is 2.74. The average Bonchev–Trinajstić information content (AvgIpc) is 2.30. The second kappa shape index (κ2) is 6.44. The maximum atomic E-state index is 3.43. The largest absolute Gasteiger partial charge is 0.314 e. The molecule has 0 aromatic rings. The summed E-state index contributed by atoms with van der Waals surface area (Å²) in [4.78, 5) is 2.63. The molecule has 0 bridgehead atoms. The average molecular weight is 256 g/mol. The Morgan fingerprint density at radius 2 is 1.76 bits per heavy atom.